The summed E-state index contributed by atoms with van der Waals surface area (Å²) in [5.74, 6) is 0. The van der Waals surface area contributed by atoms with E-state index in [-0.39, 0.29) is 16.7 Å². The third-order valence-corrected chi connectivity index (χ3v) is 2.43. The highest BCUT2D eigenvalue weighted by molar-refractivity contribution is 5.39. The minimum absolute atomic E-state index is 0.0470. The van der Waals surface area contributed by atoms with Gasteiger partial charge in [-0.25, -0.2) is 0 Å². The van der Waals surface area contributed by atoms with Crippen molar-refractivity contribution in [3.63, 3.8) is 0 Å². The lowest BCUT2D eigenvalue weighted by atomic mass is 10.2. The molecule has 5 nitrogen and oxygen atoms in total. The lowest BCUT2D eigenvalue weighted by Gasteiger charge is -2.12. The summed E-state index contributed by atoms with van der Waals surface area (Å²) < 4.78 is 5.39. The Morgan fingerprint density at radius 3 is 2.94 bits per heavy atom. The lowest BCUT2D eigenvalue weighted by Crippen LogP contribution is -2.26. The van der Waals surface area contributed by atoms with Crippen molar-refractivity contribution in [2.75, 3.05) is 13.2 Å². The van der Waals surface area contributed by atoms with Crippen LogP contribution in [0.5, 0.6) is 0 Å². The maximum Gasteiger partial charge on any atom is 0.273 e. The van der Waals surface area contributed by atoms with Crippen molar-refractivity contribution >= 4 is 5.69 Å². The Balaban J connectivity index is 2.44. The molecule has 1 atom stereocenters. The number of nitrogens with one attached hydrogen (secondary N) is 1. The van der Waals surface area contributed by atoms with Gasteiger partial charge in [0, 0.05) is 24.7 Å². The summed E-state index contributed by atoms with van der Waals surface area (Å²) in [5.41, 5.74) is 0.822. The van der Waals surface area contributed by atoms with Crippen molar-refractivity contribution in [2.45, 2.75) is 19.6 Å². The second-order valence-corrected chi connectivity index (χ2v) is 3.95. The summed E-state index contributed by atoms with van der Waals surface area (Å²) in [5, 5.41) is 13.9. The SMILES string of the molecule is C=CCOC(C)CNCc1ccccc1[N+](=O)[O-]. The summed E-state index contributed by atoms with van der Waals surface area (Å²) in [6.07, 6.45) is 1.74. The molecule has 0 radical (unpaired) electrons. The molecule has 5 heteroatoms. The highest BCUT2D eigenvalue weighted by atomic mass is 16.6. The largest absolute Gasteiger partial charge is 0.373 e. The molecule has 0 aliphatic heterocycles. The number of rotatable bonds is 8. The molecule has 1 rings (SSSR count). The first-order valence-corrected chi connectivity index (χ1v) is 5.80. The van der Waals surface area contributed by atoms with E-state index >= 15 is 0 Å². The first-order chi connectivity index (χ1) is 8.65. The minimum Gasteiger partial charge on any atom is -0.373 e. The second-order valence-electron chi connectivity index (χ2n) is 3.95. The van der Waals surface area contributed by atoms with Gasteiger partial charge in [-0.05, 0) is 6.92 Å². The van der Waals surface area contributed by atoms with Crippen molar-refractivity contribution in [1.82, 2.24) is 5.32 Å². The van der Waals surface area contributed by atoms with E-state index in [2.05, 4.69) is 11.9 Å². The van der Waals surface area contributed by atoms with E-state index in [0.717, 1.165) is 0 Å². The van der Waals surface area contributed by atoms with Crippen LogP contribution >= 0.6 is 0 Å². The van der Waals surface area contributed by atoms with Gasteiger partial charge in [0.2, 0.25) is 0 Å². The van der Waals surface area contributed by atoms with E-state index in [1.807, 2.05) is 6.92 Å². The molecule has 0 saturated carbocycles. The maximum atomic E-state index is 10.8. The Bertz CT molecular complexity index is 407. The molecule has 1 N–H and O–H groups in total. The molecule has 18 heavy (non-hydrogen) atoms. The molecule has 1 aromatic carbocycles. The van der Waals surface area contributed by atoms with Crippen LogP contribution in [0, 0.1) is 10.1 Å². The van der Waals surface area contributed by atoms with Crippen LogP contribution < -0.4 is 5.32 Å². The van der Waals surface area contributed by atoms with E-state index in [4.69, 9.17) is 4.74 Å². The molecule has 0 heterocycles. The fourth-order valence-corrected chi connectivity index (χ4v) is 1.54. The highest BCUT2D eigenvalue weighted by Crippen LogP contribution is 2.16. The van der Waals surface area contributed by atoms with Gasteiger partial charge in [-0.3, -0.25) is 10.1 Å². The van der Waals surface area contributed by atoms with E-state index in [0.29, 0.717) is 25.3 Å². The first-order valence-electron chi connectivity index (χ1n) is 5.80. The van der Waals surface area contributed by atoms with Gasteiger partial charge < -0.3 is 10.1 Å². The van der Waals surface area contributed by atoms with Gasteiger partial charge in [0.15, 0.2) is 0 Å². The Labute approximate surface area is 107 Å². The molecular formula is C13H18N2O3. The molecule has 1 aromatic rings. The number of hydrogen-bond acceptors (Lipinski definition) is 4. The standard InChI is InChI=1S/C13H18N2O3/c1-3-8-18-11(2)9-14-10-12-6-4-5-7-13(12)15(16)17/h3-7,11,14H,1,8-10H2,2H3. The van der Waals surface area contributed by atoms with Crippen LogP contribution in [0.2, 0.25) is 0 Å². The van der Waals surface area contributed by atoms with Crippen LogP contribution in [-0.2, 0) is 11.3 Å². The fraction of sp³-hybridized carbons (Fsp3) is 0.385. The van der Waals surface area contributed by atoms with Crippen LogP contribution in [0.3, 0.4) is 0 Å². The smallest absolute Gasteiger partial charge is 0.273 e. The average Bonchev–Trinajstić information content (AvgIpc) is 2.36. The van der Waals surface area contributed by atoms with Gasteiger partial charge in [-0.1, -0.05) is 24.3 Å². The monoisotopic (exact) mass is 250 g/mol. The molecule has 1 unspecified atom stereocenters. The average molecular weight is 250 g/mol. The summed E-state index contributed by atoms with van der Waals surface area (Å²) in [7, 11) is 0. The third-order valence-electron chi connectivity index (χ3n) is 2.43. The second kappa shape index (κ2) is 7.58. The molecule has 0 saturated heterocycles. The molecule has 0 fully saturated rings. The summed E-state index contributed by atoms with van der Waals surface area (Å²) in [6, 6.07) is 6.72. The van der Waals surface area contributed by atoms with Gasteiger partial charge in [0.25, 0.3) is 5.69 Å². The molecule has 0 spiro atoms. The number of benzene rings is 1. The number of nitrogens with zero attached hydrogens (tertiary/aromatic N) is 1. The molecule has 0 aliphatic rings. The molecule has 0 amide bonds. The van der Waals surface area contributed by atoms with Crippen LogP contribution in [-0.4, -0.2) is 24.2 Å². The van der Waals surface area contributed by atoms with Crippen molar-refractivity contribution < 1.29 is 9.66 Å². The number of nitro benzene ring substituents is 1. The summed E-state index contributed by atoms with van der Waals surface area (Å²) in [6.45, 7) is 7.12. The Morgan fingerprint density at radius 2 is 2.28 bits per heavy atom. The predicted octanol–water partition coefficient (Wildman–Crippen LogP) is 2.28. The predicted molar refractivity (Wildman–Crippen MR) is 70.4 cm³/mol. The Hall–Kier alpha value is -1.72. The number of nitro groups is 1. The molecular weight excluding hydrogens is 232 g/mol. The van der Waals surface area contributed by atoms with E-state index in [1.165, 1.54) is 6.07 Å². The minimum atomic E-state index is -0.366. The van der Waals surface area contributed by atoms with Gasteiger partial charge in [0.05, 0.1) is 17.6 Å². The topological polar surface area (TPSA) is 64.4 Å². The number of ether oxygens (including phenoxy) is 1. The third kappa shape index (κ3) is 4.65. The Kier molecular flexibility index (Phi) is 6.04. The highest BCUT2D eigenvalue weighted by Gasteiger charge is 2.11. The van der Waals surface area contributed by atoms with Crippen molar-refractivity contribution in [2.24, 2.45) is 0 Å². The van der Waals surface area contributed by atoms with Crippen molar-refractivity contribution in [3.8, 4) is 0 Å². The van der Waals surface area contributed by atoms with Gasteiger partial charge in [-0.2, -0.15) is 0 Å². The van der Waals surface area contributed by atoms with E-state index in [1.54, 1.807) is 24.3 Å². The lowest BCUT2D eigenvalue weighted by molar-refractivity contribution is -0.385. The van der Waals surface area contributed by atoms with Crippen molar-refractivity contribution in [1.29, 1.82) is 0 Å². The number of hydrogen-bond donors (Lipinski definition) is 1. The normalized spacial score (nSPS) is 12.1. The fourth-order valence-electron chi connectivity index (χ4n) is 1.54. The van der Waals surface area contributed by atoms with E-state index < -0.39 is 0 Å². The first kappa shape index (κ1) is 14.3. The molecule has 0 bridgehead atoms. The van der Waals surface area contributed by atoms with Gasteiger partial charge >= 0.3 is 0 Å². The van der Waals surface area contributed by atoms with Gasteiger partial charge in [0.1, 0.15) is 0 Å². The van der Waals surface area contributed by atoms with Crippen LogP contribution in [0.4, 0.5) is 5.69 Å². The molecule has 98 valence electrons. The van der Waals surface area contributed by atoms with Crippen LogP contribution in [0.1, 0.15) is 12.5 Å². The zero-order valence-corrected chi connectivity index (χ0v) is 10.5. The van der Waals surface area contributed by atoms with Crippen LogP contribution in [0.25, 0.3) is 0 Å². The van der Waals surface area contributed by atoms with Gasteiger partial charge in [-0.15, -0.1) is 6.58 Å². The maximum absolute atomic E-state index is 10.8. The molecule has 0 aromatic heterocycles. The van der Waals surface area contributed by atoms with Crippen molar-refractivity contribution in [3.05, 3.63) is 52.6 Å². The van der Waals surface area contributed by atoms with Crippen LogP contribution in [0.15, 0.2) is 36.9 Å². The molecule has 0 aliphatic carbocycles. The zero-order valence-electron chi connectivity index (χ0n) is 10.5. The zero-order chi connectivity index (χ0) is 13.4. The Morgan fingerprint density at radius 1 is 1.56 bits per heavy atom. The summed E-state index contributed by atoms with van der Waals surface area (Å²) in [4.78, 5) is 10.4. The van der Waals surface area contributed by atoms with E-state index in [9.17, 15) is 10.1 Å². The number of para-hydroxylation sites is 1. The summed E-state index contributed by atoms with van der Waals surface area (Å²) >= 11 is 0. The quantitative estimate of drug-likeness (QED) is 0.436.